The minimum atomic E-state index is 0. The molecule has 0 aromatic rings. The van der Waals surface area contributed by atoms with E-state index in [-0.39, 0.29) is 24.0 Å². The number of rotatable bonds is 2. The topological polar surface area (TPSA) is 27.6 Å². The van der Waals surface area contributed by atoms with Crippen molar-refractivity contribution in [3.63, 3.8) is 0 Å². The molecule has 0 saturated heterocycles. The number of halogens is 1. The number of nitrogens with one attached hydrogen (secondary N) is 1. The molecule has 0 aliphatic heterocycles. The van der Waals surface area contributed by atoms with E-state index in [0.29, 0.717) is 12.0 Å². The minimum absolute atomic E-state index is 0. The molecule has 4 heteroatoms. The summed E-state index contributed by atoms with van der Waals surface area (Å²) in [6, 6.07) is 0.464. The second-order valence-electron chi connectivity index (χ2n) is 3.62. The van der Waals surface area contributed by atoms with E-state index in [1.54, 1.807) is 7.05 Å². The Kier molecular flexibility index (Phi) is 8.82. The second kappa shape index (κ2) is 7.41. The van der Waals surface area contributed by atoms with E-state index in [1.165, 1.54) is 0 Å². The second-order valence-corrected chi connectivity index (χ2v) is 3.62. The van der Waals surface area contributed by atoms with Crippen LogP contribution in [0.1, 0.15) is 20.8 Å². The van der Waals surface area contributed by atoms with Gasteiger partial charge in [-0.25, -0.2) is 0 Å². The van der Waals surface area contributed by atoms with Crippen LogP contribution >= 0.6 is 24.0 Å². The fourth-order valence-electron chi connectivity index (χ4n) is 0.764. The Balaban J connectivity index is 0. The standard InChI is InChI=1S/C9H21N3.HI/c1-7(2)8(3)11-9(10-4)12(5)6;/h7-8H,1-6H3,(H,10,11);1H. The molecule has 0 aromatic carbocycles. The highest BCUT2D eigenvalue weighted by atomic mass is 127. The Morgan fingerprint density at radius 3 is 1.92 bits per heavy atom. The van der Waals surface area contributed by atoms with Crippen molar-refractivity contribution in [2.24, 2.45) is 10.9 Å². The molecular formula is C9H22IN3. The third-order valence-corrected chi connectivity index (χ3v) is 1.99. The van der Waals surface area contributed by atoms with Gasteiger partial charge in [-0.2, -0.15) is 0 Å². The highest BCUT2D eigenvalue weighted by Crippen LogP contribution is 1.99. The van der Waals surface area contributed by atoms with Crippen LogP contribution in [0.5, 0.6) is 0 Å². The van der Waals surface area contributed by atoms with E-state index in [0.717, 1.165) is 5.96 Å². The lowest BCUT2D eigenvalue weighted by Crippen LogP contribution is -2.43. The van der Waals surface area contributed by atoms with E-state index in [9.17, 15) is 0 Å². The van der Waals surface area contributed by atoms with E-state index in [4.69, 9.17) is 0 Å². The van der Waals surface area contributed by atoms with Crippen molar-refractivity contribution in [2.75, 3.05) is 21.1 Å². The number of hydrogen-bond donors (Lipinski definition) is 1. The van der Waals surface area contributed by atoms with Gasteiger partial charge in [-0.05, 0) is 12.8 Å². The molecule has 80 valence electrons. The lowest BCUT2D eigenvalue weighted by molar-refractivity contribution is 0.458. The van der Waals surface area contributed by atoms with Crippen LogP contribution in [0.15, 0.2) is 4.99 Å². The van der Waals surface area contributed by atoms with Crippen LogP contribution in [-0.2, 0) is 0 Å². The molecule has 0 amide bonds. The third-order valence-electron chi connectivity index (χ3n) is 1.99. The minimum Gasteiger partial charge on any atom is -0.354 e. The highest BCUT2D eigenvalue weighted by molar-refractivity contribution is 14.0. The molecule has 0 radical (unpaired) electrons. The van der Waals surface area contributed by atoms with Crippen molar-refractivity contribution < 1.29 is 0 Å². The molecule has 0 saturated carbocycles. The molecule has 0 heterocycles. The zero-order chi connectivity index (χ0) is 9.72. The molecule has 0 aliphatic carbocycles. The quantitative estimate of drug-likeness (QED) is 0.478. The van der Waals surface area contributed by atoms with Crippen LogP contribution in [0.25, 0.3) is 0 Å². The monoisotopic (exact) mass is 299 g/mol. The van der Waals surface area contributed by atoms with Gasteiger partial charge in [0.05, 0.1) is 0 Å². The van der Waals surface area contributed by atoms with Crippen molar-refractivity contribution in [1.29, 1.82) is 0 Å². The zero-order valence-corrected chi connectivity index (χ0v) is 11.8. The fourth-order valence-corrected chi connectivity index (χ4v) is 0.764. The Bertz CT molecular complexity index is 155. The summed E-state index contributed by atoms with van der Waals surface area (Å²) in [4.78, 5) is 6.13. The molecule has 0 spiro atoms. The predicted molar refractivity (Wildman–Crippen MR) is 69.9 cm³/mol. The Hall–Kier alpha value is 0. The SMILES string of the molecule is CN=C(NC(C)C(C)C)N(C)C.I. The van der Waals surface area contributed by atoms with Gasteiger partial charge in [0.1, 0.15) is 0 Å². The molecule has 3 nitrogen and oxygen atoms in total. The van der Waals surface area contributed by atoms with Gasteiger partial charge in [-0.1, -0.05) is 13.8 Å². The van der Waals surface area contributed by atoms with E-state index >= 15 is 0 Å². The van der Waals surface area contributed by atoms with Gasteiger partial charge in [0, 0.05) is 27.2 Å². The number of hydrogen-bond acceptors (Lipinski definition) is 1. The summed E-state index contributed by atoms with van der Waals surface area (Å²) in [7, 11) is 5.78. The van der Waals surface area contributed by atoms with Gasteiger partial charge in [0.15, 0.2) is 5.96 Å². The first-order chi connectivity index (χ1) is 5.49. The molecule has 1 N–H and O–H groups in total. The maximum absolute atomic E-state index is 4.14. The lowest BCUT2D eigenvalue weighted by atomic mass is 10.1. The summed E-state index contributed by atoms with van der Waals surface area (Å²) in [6.45, 7) is 6.56. The number of aliphatic imine (C=N–C) groups is 1. The summed E-state index contributed by atoms with van der Waals surface area (Å²) in [5.74, 6) is 1.57. The molecule has 0 fully saturated rings. The van der Waals surface area contributed by atoms with Crippen LogP contribution in [0.3, 0.4) is 0 Å². The van der Waals surface area contributed by atoms with Crippen LogP contribution in [0.2, 0.25) is 0 Å². The average Bonchev–Trinajstić information content (AvgIpc) is 1.98. The van der Waals surface area contributed by atoms with E-state index in [1.807, 2.05) is 19.0 Å². The first kappa shape index (κ1) is 15.5. The molecular weight excluding hydrogens is 277 g/mol. The Morgan fingerprint density at radius 2 is 1.69 bits per heavy atom. The van der Waals surface area contributed by atoms with Crippen LogP contribution in [0, 0.1) is 5.92 Å². The molecule has 0 bridgehead atoms. The molecule has 13 heavy (non-hydrogen) atoms. The normalized spacial score (nSPS) is 13.6. The summed E-state index contributed by atoms with van der Waals surface area (Å²) < 4.78 is 0. The summed E-state index contributed by atoms with van der Waals surface area (Å²) in [5.41, 5.74) is 0. The van der Waals surface area contributed by atoms with Crippen molar-refractivity contribution >= 4 is 29.9 Å². The number of nitrogens with zero attached hydrogens (tertiary/aromatic N) is 2. The van der Waals surface area contributed by atoms with Crippen LogP contribution < -0.4 is 5.32 Å². The van der Waals surface area contributed by atoms with Gasteiger partial charge in [-0.3, -0.25) is 4.99 Å². The van der Waals surface area contributed by atoms with Crippen molar-refractivity contribution in [1.82, 2.24) is 10.2 Å². The maximum Gasteiger partial charge on any atom is 0.193 e. The maximum atomic E-state index is 4.14. The molecule has 1 unspecified atom stereocenters. The summed E-state index contributed by atoms with van der Waals surface area (Å²) in [5, 5.41) is 3.34. The zero-order valence-electron chi connectivity index (χ0n) is 9.46. The van der Waals surface area contributed by atoms with Gasteiger partial charge >= 0.3 is 0 Å². The van der Waals surface area contributed by atoms with Crippen molar-refractivity contribution in [3.05, 3.63) is 0 Å². The van der Waals surface area contributed by atoms with Crippen LogP contribution in [0.4, 0.5) is 0 Å². The first-order valence-electron chi connectivity index (χ1n) is 4.39. The van der Waals surface area contributed by atoms with E-state index < -0.39 is 0 Å². The molecule has 0 rings (SSSR count). The summed E-state index contributed by atoms with van der Waals surface area (Å²) in [6.07, 6.45) is 0. The summed E-state index contributed by atoms with van der Waals surface area (Å²) >= 11 is 0. The van der Waals surface area contributed by atoms with Crippen molar-refractivity contribution in [3.8, 4) is 0 Å². The largest absolute Gasteiger partial charge is 0.354 e. The lowest BCUT2D eigenvalue weighted by Gasteiger charge is -2.23. The van der Waals surface area contributed by atoms with Crippen molar-refractivity contribution in [2.45, 2.75) is 26.8 Å². The molecule has 0 aromatic heterocycles. The highest BCUT2D eigenvalue weighted by Gasteiger charge is 2.09. The Labute approximate surface area is 99.0 Å². The van der Waals surface area contributed by atoms with Gasteiger partial charge in [-0.15, -0.1) is 24.0 Å². The predicted octanol–water partition coefficient (Wildman–Crippen LogP) is 1.79. The van der Waals surface area contributed by atoms with E-state index in [2.05, 4.69) is 31.1 Å². The van der Waals surface area contributed by atoms with Crippen LogP contribution in [-0.4, -0.2) is 38.0 Å². The average molecular weight is 299 g/mol. The molecule has 0 aliphatic rings. The van der Waals surface area contributed by atoms with Gasteiger partial charge in [0.2, 0.25) is 0 Å². The third kappa shape index (κ3) is 6.12. The fraction of sp³-hybridized carbons (Fsp3) is 0.889. The molecule has 1 atom stereocenters. The number of guanidine groups is 1. The van der Waals surface area contributed by atoms with Gasteiger partial charge in [0.25, 0.3) is 0 Å². The van der Waals surface area contributed by atoms with Gasteiger partial charge < -0.3 is 10.2 Å². The Morgan fingerprint density at radius 1 is 1.23 bits per heavy atom. The smallest absolute Gasteiger partial charge is 0.193 e. The first-order valence-corrected chi connectivity index (χ1v) is 4.39.